The molecule has 212 valence electrons. The maximum Gasteiger partial charge on any atom is 0.408 e. The van der Waals surface area contributed by atoms with Gasteiger partial charge in [0.1, 0.15) is 23.5 Å². The van der Waals surface area contributed by atoms with Crippen LogP contribution in [0.3, 0.4) is 0 Å². The minimum Gasteiger partial charge on any atom is -0.464 e. The molecule has 2 aromatic carbocycles. The van der Waals surface area contributed by atoms with Crippen LogP contribution in [0.15, 0.2) is 54.6 Å². The van der Waals surface area contributed by atoms with Crippen molar-refractivity contribution in [1.82, 2.24) is 16.0 Å². The number of hydrogen-bond acceptors (Lipinski definition) is 6. The zero-order valence-electron chi connectivity index (χ0n) is 22.9. The van der Waals surface area contributed by atoms with E-state index in [1.54, 1.807) is 64.1 Å². The maximum atomic E-state index is 13.2. The number of esters is 1. The lowest BCUT2D eigenvalue weighted by molar-refractivity contribution is -0.147. The lowest BCUT2D eigenvalue weighted by Crippen LogP contribution is -2.43. The quantitative estimate of drug-likeness (QED) is 0.260. The molecular formula is C29H38FN3O6. The van der Waals surface area contributed by atoms with Crippen LogP contribution in [0.4, 0.5) is 9.18 Å². The topological polar surface area (TPSA) is 123 Å². The third kappa shape index (κ3) is 12.0. The number of nitrogens with one attached hydrogen (secondary N) is 3. The number of hydrogen-bond donors (Lipinski definition) is 3. The van der Waals surface area contributed by atoms with Crippen molar-refractivity contribution in [2.75, 3.05) is 13.2 Å². The number of rotatable bonds is 13. The molecule has 0 saturated carbocycles. The first-order chi connectivity index (χ1) is 18.5. The van der Waals surface area contributed by atoms with Crippen LogP contribution in [0.1, 0.15) is 64.1 Å². The summed E-state index contributed by atoms with van der Waals surface area (Å²) in [4.78, 5) is 50.0. The van der Waals surface area contributed by atoms with E-state index in [4.69, 9.17) is 9.47 Å². The van der Waals surface area contributed by atoms with Gasteiger partial charge in [0.25, 0.3) is 0 Å². The smallest absolute Gasteiger partial charge is 0.408 e. The SMILES string of the molecule is CCOC(=O)C(Cc1ccc(F)cc1)NC(=O)CCCCNC(=O)C(NC(=O)OC(C)(C)C)c1ccccc1. The molecule has 3 amide bonds. The average Bonchev–Trinajstić information content (AvgIpc) is 2.87. The molecule has 10 heteroatoms. The third-order valence-electron chi connectivity index (χ3n) is 5.45. The Kier molecular flexibility index (Phi) is 12.4. The van der Waals surface area contributed by atoms with Gasteiger partial charge in [-0.3, -0.25) is 9.59 Å². The highest BCUT2D eigenvalue weighted by Gasteiger charge is 2.26. The van der Waals surface area contributed by atoms with Crippen LogP contribution in [-0.2, 0) is 30.3 Å². The molecule has 39 heavy (non-hydrogen) atoms. The van der Waals surface area contributed by atoms with Crippen molar-refractivity contribution in [2.24, 2.45) is 0 Å². The number of amides is 3. The molecule has 0 aromatic heterocycles. The second-order valence-electron chi connectivity index (χ2n) is 9.94. The zero-order chi connectivity index (χ0) is 28.8. The molecule has 0 saturated heterocycles. The predicted octanol–water partition coefficient (Wildman–Crippen LogP) is 3.97. The van der Waals surface area contributed by atoms with Gasteiger partial charge in [0.15, 0.2) is 0 Å². The minimum absolute atomic E-state index is 0.132. The van der Waals surface area contributed by atoms with Crippen LogP contribution >= 0.6 is 0 Å². The molecule has 0 aliphatic heterocycles. The fourth-order valence-electron chi connectivity index (χ4n) is 3.65. The molecule has 3 N–H and O–H groups in total. The Labute approximate surface area is 228 Å². The molecule has 2 atom stereocenters. The number of ether oxygens (including phenoxy) is 2. The Balaban J connectivity index is 1.85. The number of carbonyl (C=O) groups excluding carboxylic acids is 4. The van der Waals surface area contributed by atoms with Gasteiger partial charge in [-0.2, -0.15) is 0 Å². The van der Waals surface area contributed by atoms with Crippen LogP contribution in [-0.4, -0.2) is 48.7 Å². The lowest BCUT2D eigenvalue weighted by atomic mass is 10.1. The molecule has 0 radical (unpaired) electrons. The van der Waals surface area contributed by atoms with E-state index in [9.17, 15) is 23.6 Å². The van der Waals surface area contributed by atoms with Gasteiger partial charge in [-0.1, -0.05) is 42.5 Å². The molecular weight excluding hydrogens is 505 g/mol. The Morgan fingerprint density at radius 3 is 2.21 bits per heavy atom. The number of unbranched alkanes of at least 4 members (excludes halogenated alkanes) is 1. The summed E-state index contributed by atoms with van der Waals surface area (Å²) < 4.78 is 23.6. The highest BCUT2D eigenvalue weighted by atomic mass is 19.1. The van der Waals surface area contributed by atoms with Gasteiger partial charge >= 0.3 is 12.1 Å². The molecule has 0 bridgehead atoms. The number of alkyl carbamates (subject to hydrolysis) is 1. The van der Waals surface area contributed by atoms with E-state index in [1.807, 2.05) is 6.07 Å². The van der Waals surface area contributed by atoms with Crippen molar-refractivity contribution in [3.8, 4) is 0 Å². The normalized spacial score (nSPS) is 12.5. The monoisotopic (exact) mass is 543 g/mol. The lowest BCUT2D eigenvalue weighted by Gasteiger charge is -2.23. The Morgan fingerprint density at radius 2 is 1.59 bits per heavy atom. The first kappa shape index (κ1) is 31.3. The third-order valence-corrected chi connectivity index (χ3v) is 5.45. The van der Waals surface area contributed by atoms with Crippen molar-refractivity contribution in [3.05, 3.63) is 71.5 Å². The van der Waals surface area contributed by atoms with Crippen LogP contribution in [0.2, 0.25) is 0 Å². The highest BCUT2D eigenvalue weighted by Crippen LogP contribution is 2.15. The van der Waals surface area contributed by atoms with E-state index >= 15 is 0 Å². The molecule has 2 aromatic rings. The van der Waals surface area contributed by atoms with Gasteiger partial charge in [0.05, 0.1) is 6.61 Å². The van der Waals surface area contributed by atoms with Crippen molar-refractivity contribution in [3.63, 3.8) is 0 Å². The number of benzene rings is 2. The average molecular weight is 544 g/mol. The summed E-state index contributed by atoms with van der Waals surface area (Å²) in [5, 5.41) is 8.09. The van der Waals surface area contributed by atoms with Crippen molar-refractivity contribution < 1.29 is 33.0 Å². The summed E-state index contributed by atoms with van der Waals surface area (Å²) in [5.74, 6) is -1.70. The van der Waals surface area contributed by atoms with Crippen molar-refractivity contribution in [1.29, 1.82) is 0 Å². The van der Waals surface area contributed by atoms with Gasteiger partial charge in [-0.25, -0.2) is 14.0 Å². The molecule has 0 aliphatic rings. The first-order valence-electron chi connectivity index (χ1n) is 13.0. The minimum atomic E-state index is -0.943. The van der Waals surface area contributed by atoms with E-state index in [1.165, 1.54) is 12.1 Å². The number of carbonyl (C=O) groups is 4. The summed E-state index contributed by atoms with van der Waals surface area (Å²) in [6.45, 7) is 7.33. The second kappa shape index (κ2) is 15.5. The maximum absolute atomic E-state index is 13.2. The van der Waals surface area contributed by atoms with E-state index < -0.39 is 41.5 Å². The van der Waals surface area contributed by atoms with Crippen LogP contribution in [0, 0.1) is 5.82 Å². The molecule has 2 unspecified atom stereocenters. The van der Waals surface area contributed by atoms with Crippen LogP contribution < -0.4 is 16.0 Å². The summed E-state index contributed by atoms with van der Waals surface area (Å²) in [7, 11) is 0. The van der Waals surface area contributed by atoms with Gasteiger partial charge in [-0.15, -0.1) is 0 Å². The molecule has 0 spiro atoms. The van der Waals surface area contributed by atoms with Crippen LogP contribution in [0.5, 0.6) is 0 Å². The van der Waals surface area contributed by atoms with E-state index in [2.05, 4.69) is 16.0 Å². The van der Waals surface area contributed by atoms with Gasteiger partial charge < -0.3 is 25.4 Å². The first-order valence-corrected chi connectivity index (χ1v) is 13.0. The summed E-state index contributed by atoms with van der Waals surface area (Å²) >= 11 is 0. The fraction of sp³-hybridized carbons (Fsp3) is 0.448. The summed E-state index contributed by atoms with van der Waals surface area (Å²) in [5.41, 5.74) is 0.574. The standard InChI is InChI=1S/C29H38FN3O6/c1-5-38-27(36)23(19-20-14-16-22(30)17-15-20)32-24(34)13-9-10-18-31-26(35)25(21-11-7-6-8-12-21)33-28(37)39-29(2,3)4/h6-8,11-12,14-17,23,25H,5,9-10,13,18-19H2,1-4H3,(H,31,35)(H,32,34)(H,33,37). The van der Waals surface area contributed by atoms with Crippen molar-refractivity contribution in [2.45, 2.75) is 71.1 Å². The largest absolute Gasteiger partial charge is 0.464 e. The molecule has 2 rings (SSSR count). The van der Waals surface area contributed by atoms with E-state index in [0.29, 0.717) is 24.0 Å². The van der Waals surface area contributed by atoms with E-state index in [0.717, 1.165) is 0 Å². The van der Waals surface area contributed by atoms with E-state index in [-0.39, 0.29) is 31.9 Å². The van der Waals surface area contributed by atoms with Crippen LogP contribution in [0.25, 0.3) is 0 Å². The Bertz CT molecular complexity index is 1090. The molecule has 9 nitrogen and oxygen atoms in total. The molecule has 0 fully saturated rings. The molecule has 0 aliphatic carbocycles. The summed E-state index contributed by atoms with van der Waals surface area (Å²) in [6.07, 6.45) is 0.544. The van der Waals surface area contributed by atoms with Gasteiger partial charge in [0, 0.05) is 19.4 Å². The Hall–Kier alpha value is -3.95. The second-order valence-corrected chi connectivity index (χ2v) is 9.94. The van der Waals surface area contributed by atoms with Gasteiger partial charge in [-0.05, 0) is 63.8 Å². The van der Waals surface area contributed by atoms with Crippen molar-refractivity contribution >= 4 is 23.9 Å². The fourth-order valence-corrected chi connectivity index (χ4v) is 3.65. The van der Waals surface area contributed by atoms with Gasteiger partial charge in [0.2, 0.25) is 11.8 Å². The molecule has 0 heterocycles. The highest BCUT2D eigenvalue weighted by molar-refractivity contribution is 5.87. The zero-order valence-corrected chi connectivity index (χ0v) is 22.9. The summed E-state index contributed by atoms with van der Waals surface area (Å²) in [6, 6.07) is 12.7. The number of halogens is 1. The predicted molar refractivity (Wildman–Crippen MR) is 144 cm³/mol. The Morgan fingerprint density at radius 1 is 0.923 bits per heavy atom.